The van der Waals surface area contributed by atoms with Crippen LogP contribution >= 0.6 is 0 Å². The average Bonchev–Trinajstić information content (AvgIpc) is 2.45. The van der Waals surface area contributed by atoms with E-state index in [0.717, 1.165) is 23.8 Å². The molecule has 0 aliphatic heterocycles. The summed E-state index contributed by atoms with van der Waals surface area (Å²) in [4.78, 5) is 24.1. The van der Waals surface area contributed by atoms with Gasteiger partial charge in [-0.1, -0.05) is 13.3 Å². The van der Waals surface area contributed by atoms with Gasteiger partial charge in [0.05, 0.1) is 7.11 Å². The fraction of sp³-hybridized carbons (Fsp3) is 0.412. The summed E-state index contributed by atoms with van der Waals surface area (Å²) >= 11 is 0. The molecule has 0 atom stereocenters. The first-order chi connectivity index (χ1) is 10.0. The largest absolute Gasteiger partial charge is 0.496 e. The lowest BCUT2D eigenvalue weighted by molar-refractivity contribution is 0.101. The Morgan fingerprint density at radius 3 is 2.62 bits per heavy atom. The number of methoxy groups -OCH3 is 1. The summed E-state index contributed by atoms with van der Waals surface area (Å²) in [6.07, 6.45) is 2.65. The lowest BCUT2D eigenvalue weighted by atomic mass is 9.98. The first kappa shape index (κ1) is 15.3. The minimum absolute atomic E-state index is 0.179. The predicted molar refractivity (Wildman–Crippen MR) is 82.4 cm³/mol. The molecule has 0 N–H and O–H groups in total. The predicted octanol–water partition coefficient (Wildman–Crippen LogP) is 3.66. The summed E-state index contributed by atoms with van der Waals surface area (Å²) in [5.41, 5.74) is 1.88. The fourth-order valence-corrected chi connectivity index (χ4v) is 2.58. The quantitative estimate of drug-likeness (QED) is 0.622. The summed E-state index contributed by atoms with van der Waals surface area (Å²) in [7, 11) is 1.49. The SMILES string of the molecule is CCCCc1c(C)c2ccc(OC)c(C(C)=O)c2oc1=O. The van der Waals surface area contributed by atoms with Gasteiger partial charge in [-0.2, -0.15) is 0 Å². The average molecular weight is 288 g/mol. The molecule has 1 aromatic carbocycles. The Labute approximate surface area is 123 Å². The summed E-state index contributed by atoms with van der Waals surface area (Å²) in [5.74, 6) is 0.250. The number of ether oxygens (including phenoxy) is 1. The maximum Gasteiger partial charge on any atom is 0.339 e. The van der Waals surface area contributed by atoms with Crippen molar-refractivity contribution >= 4 is 16.8 Å². The van der Waals surface area contributed by atoms with Crippen molar-refractivity contribution in [3.63, 3.8) is 0 Å². The van der Waals surface area contributed by atoms with Crippen molar-refractivity contribution in [2.75, 3.05) is 7.11 Å². The zero-order valence-corrected chi connectivity index (χ0v) is 12.9. The highest BCUT2D eigenvalue weighted by Gasteiger charge is 2.19. The zero-order chi connectivity index (χ0) is 15.6. The lowest BCUT2D eigenvalue weighted by Gasteiger charge is -2.12. The molecule has 0 fully saturated rings. The highest BCUT2D eigenvalue weighted by molar-refractivity contribution is 6.07. The van der Waals surface area contributed by atoms with Crippen LogP contribution in [0, 0.1) is 6.92 Å². The Kier molecular flexibility index (Phi) is 4.46. The second-order valence-electron chi connectivity index (χ2n) is 5.17. The number of aryl methyl sites for hydroxylation is 1. The Balaban J connectivity index is 2.79. The topological polar surface area (TPSA) is 56.5 Å². The second-order valence-corrected chi connectivity index (χ2v) is 5.17. The van der Waals surface area contributed by atoms with Crippen molar-refractivity contribution in [1.29, 1.82) is 0 Å². The molecule has 4 nitrogen and oxygen atoms in total. The van der Waals surface area contributed by atoms with Crippen LogP contribution in [0.3, 0.4) is 0 Å². The first-order valence-corrected chi connectivity index (χ1v) is 7.15. The Hall–Kier alpha value is -2.10. The molecular weight excluding hydrogens is 268 g/mol. The van der Waals surface area contributed by atoms with Crippen LogP contribution in [0.25, 0.3) is 11.0 Å². The molecule has 0 aliphatic carbocycles. The molecule has 21 heavy (non-hydrogen) atoms. The van der Waals surface area contributed by atoms with Crippen LogP contribution < -0.4 is 10.4 Å². The number of fused-ring (bicyclic) bond motifs is 1. The van der Waals surface area contributed by atoms with Gasteiger partial charge in [0.1, 0.15) is 11.3 Å². The maximum atomic E-state index is 12.2. The fourth-order valence-electron chi connectivity index (χ4n) is 2.58. The summed E-state index contributed by atoms with van der Waals surface area (Å²) in [6, 6.07) is 3.59. The number of Topliss-reactive ketones (excluding diaryl/α,β-unsaturated/α-hetero) is 1. The second kappa shape index (κ2) is 6.12. The van der Waals surface area contributed by atoms with Gasteiger partial charge in [-0.05, 0) is 44.4 Å². The van der Waals surface area contributed by atoms with E-state index in [4.69, 9.17) is 9.15 Å². The highest BCUT2D eigenvalue weighted by Crippen LogP contribution is 2.30. The van der Waals surface area contributed by atoms with Gasteiger partial charge in [0.25, 0.3) is 0 Å². The molecule has 0 saturated heterocycles. The molecule has 4 heteroatoms. The van der Waals surface area contributed by atoms with E-state index in [-0.39, 0.29) is 11.4 Å². The molecule has 0 spiro atoms. The summed E-state index contributed by atoms with van der Waals surface area (Å²) in [6.45, 7) is 5.43. The van der Waals surface area contributed by atoms with Crippen LogP contribution in [0.1, 0.15) is 48.2 Å². The van der Waals surface area contributed by atoms with Crippen LogP contribution in [-0.4, -0.2) is 12.9 Å². The van der Waals surface area contributed by atoms with Gasteiger partial charge < -0.3 is 9.15 Å². The van der Waals surface area contributed by atoms with Gasteiger partial charge in [-0.15, -0.1) is 0 Å². The Morgan fingerprint density at radius 1 is 1.33 bits per heavy atom. The minimum atomic E-state index is -0.357. The molecule has 0 amide bonds. The van der Waals surface area contributed by atoms with Crippen molar-refractivity contribution in [3.8, 4) is 5.75 Å². The number of hydrogen-bond acceptors (Lipinski definition) is 4. The molecule has 1 heterocycles. The molecule has 2 rings (SSSR count). The van der Waals surface area contributed by atoms with E-state index >= 15 is 0 Å². The van der Waals surface area contributed by atoms with E-state index in [0.29, 0.717) is 28.9 Å². The van der Waals surface area contributed by atoms with Crippen LogP contribution in [0.2, 0.25) is 0 Å². The molecule has 1 aromatic heterocycles. The number of ketones is 1. The summed E-state index contributed by atoms with van der Waals surface area (Å²) < 4.78 is 10.7. The van der Waals surface area contributed by atoms with Crippen molar-refractivity contribution in [3.05, 3.63) is 39.2 Å². The number of carbonyl (C=O) groups excluding carboxylic acids is 1. The molecule has 0 unspecified atom stereocenters. The van der Waals surface area contributed by atoms with Gasteiger partial charge in [0.15, 0.2) is 11.4 Å². The number of rotatable bonds is 5. The van der Waals surface area contributed by atoms with Gasteiger partial charge in [0, 0.05) is 10.9 Å². The lowest BCUT2D eigenvalue weighted by Crippen LogP contribution is -2.12. The standard InChI is InChI=1S/C17H20O4/c1-5-6-7-13-10(2)12-8-9-14(20-4)15(11(3)18)16(12)21-17(13)19/h8-9H,5-7H2,1-4H3. The van der Waals surface area contributed by atoms with Crippen LogP contribution in [-0.2, 0) is 6.42 Å². The third kappa shape index (κ3) is 2.71. The van der Waals surface area contributed by atoms with E-state index in [1.54, 1.807) is 6.07 Å². The van der Waals surface area contributed by atoms with E-state index in [9.17, 15) is 9.59 Å². The van der Waals surface area contributed by atoms with Crippen LogP contribution in [0.15, 0.2) is 21.3 Å². The maximum absolute atomic E-state index is 12.2. The molecule has 0 bridgehead atoms. The number of benzene rings is 1. The third-order valence-corrected chi connectivity index (χ3v) is 3.77. The first-order valence-electron chi connectivity index (χ1n) is 7.15. The molecular formula is C17H20O4. The van der Waals surface area contributed by atoms with Crippen LogP contribution in [0.5, 0.6) is 5.75 Å². The normalized spacial score (nSPS) is 10.9. The number of hydrogen-bond donors (Lipinski definition) is 0. The van der Waals surface area contributed by atoms with Gasteiger partial charge >= 0.3 is 5.63 Å². The molecule has 0 saturated carbocycles. The number of carbonyl (C=O) groups is 1. The zero-order valence-electron chi connectivity index (χ0n) is 12.9. The van der Waals surface area contributed by atoms with Crippen molar-refractivity contribution < 1.29 is 13.9 Å². The molecule has 2 aromatic rings. The van der Waals surface area contributed by atoms with Crippen LogP contribution in [0.4, 0.5) is 0 Å². The molecule has 112 valence electrons. The van der Waals surface area contributed by atoms with E-state index in [2.05, 4.69) is 6.92 Å². The van der Waals surface area contributed by atoms with Crippen molar-refractivity contribution in [2.24, 2.45) is 0 Å². The van der Waals surface area contributed by atoms with E-state index in [1.165, 1.54) is 14.0 Å². The van der Waals surface area contributed by atoms with Crippen molar-refractivity contribution in [2.45, 2.75) is 40.0 Å². The Bertz CT molecular complexity index is 741. The summed E-state index contributed by atoms with van der Waals surface area (Å²) in [5, 5.41) is 0.798. The van der Waals surface area contributed by atoms with Gasteiger partial charge in [-0.25, -0.2) is 4.79 Å². The molecule has 0 radical (unpaired) electrons. The molecule has 0 aliphatic rings. The smallest absolute Gasteiger partial charge is 0.339 e. The third-order valence-electron chi connectivity index (χ3n) is 3.77. The monoisotopic (exact) mass is 288 g/mol. The van der Waals surface area contributed by atoms with E-state index < -0.39 is 0 Å². The highest BCUT2D eigenvalue weighted by atomic mass is 16.5. The van der Waals surface area contributed by atoms with Gasteiger partial charge in [0.2, 0.25) is 0 Å². The number of unbranched alkanes of at least 4 members (excludes halogenated alkanes) is 1. The Morgan fingerprint density at radius 2 is 2.05 bits per heavy atom. The van der Waals surface area contributed by atoms with Crippen molar-refractivity contribution in [1.82, 2.24) is 0 Å². The minimum Gasteiger partial charge on any atom is -0.496 e. The van der Waals surface area contributed by atoms with Gasteiger partial charge in [-0.3, -0.25) is 4.79 Å². The van der Waals surface area contributed by atoms with E-state index in [1.807, 2.05) is 13.0 Å².